The van der Waals surface area contributed by atoms with Gasteiger partial charge in [0.2, 0.25) is 0 Å². The molecule has 0 bridgehead atoms. The van der Waals surface area contributed by atoms with Gasteiger partial charge < -0.3 is 14.9 Å². The van der Waals surface area contributed by atoms with E-state index in [1.807, 2.05) is 12.3 Å². The maximum absolute atomic E-state index is 12.5. The van der Waals surface area contributed by atoms with Crippen LogP contribution in [0.1, 0.15) is 23.4 Å². The van der Waals surface area contributed by atoms with Gasteiger partial charge in [-0.2, -0.15) is 0 Å². The third kappa shape index (κ3) is 2.49. The Morgan fingerprint density at radius 2 is 2.40 bits per heavy atom. The van der Waals surface area contributed by atoms with E-state index in [2.05, 4.69) is 5.92 Å². The van der Waals surface area contributed by atoms with Gasteiger partial charge in [0, 0.05) is 18.0 Å². The van der Waals surface area contributed by atoms with Gasteiger partial charge in [-0.1, -0.05) is 5.92 Å². The normalized spacial score (nSPS) is 17.2. The Hall–Kier alpha value is -2.00. The molecule has 2 amide bonds. The Morgan fingerprint density at radius 3 is 3.00 bits per heavy atom. The molecule has 0 saturated carbocycles. The summed E-state index contributed by atoms with van der Waals surface area (Å²) in [7, 11) is 0. The van der Waals surface area contributed by atoms with Gasteiger partial charge in [-0.05, 0) is 30.4 Å². The smallest absolute Gasteiger partial charge is 0.331 e. The van der Waals surface area contributed by atoms with E-state index in [9.17, 15) is 14.7 Å². The molecule has 1 atom stereocenters. The first-order valence-corrected chi connectivity index (χ1v) is 7.26. The first kappa shape index (κ1) is 14.4. The first-order valence-electron chi connectivity index (χ1n) is 6.38. The summed E-state index contributed by atoms with van der Waals surface area (Å²) in [5, 5.41) is 11.3. The maximum atomic E-state index is 12.5. The van der Waals surface area contributed by atoms with Gasteiger partial charge in [-0.15, -0.1) is 17.8 Å². The average Bonchev–Trinajstić information content (AvgIpc) is 2.90. The second kappa shape index (κ2) is 5.97. The van der Waals surface area contributed by atoms with E-state index in [-0.39, 0.29) is 12.6 Å². The number of aliphatic carboxylic acids is 1. The fraction of sp³-hybridized carbons (Fsp3) is 0.429. The molecule has 1 aromatic rings. The summed E-state index contributed by atoms with van der Waals surface area (Å²) in [6, 6.07) is 0.564. The van der Waals surface area contributed by atoms with Gasteiger partial charge in [0.15, 0.2) is 6.04 Å². The molecule has 0 aliphatic carbocycles. The Balaban J connectivity index is 2.30. The quantitative estimate of drug-likeness (QED) is 0.864. The van der Waals surface area contributed by atoms with Crippen molar-refractivity contribution in [3.05, 3.63) is 21.9 Å². The zero-order valence-electron chi connectivity index (χ0n) is 11.2. The summed E-state index contributed by atoms with van der Waals surface area (Å²) >= 11 is 1.54. The highest BCUT2D eigenvalue weighted by atomic mass is 32.1. The molecule has 106 valence electrons. The van der Waals surface area contributed by atoms with Gasteiger partial charge in [0.1, 0.15) is 0 Å². The van der Waals surface area contributed by atoms with Crippen LogP contribution in [0.5, 0.6) is 0 Å². The number of rotatable bonds is 3. The number of terminal acetylenes is 1. The minimum atomic E-state index is -1.01. The lowest BCUT2D eigenvalue weighted by Crippen LogP contribution is -2.49. The largest absolute Gasteiger partial charge is 0.479 e. The average molecular weight is 292 g/mol. The van der Waals surface area contributed by atoms with Crippen LogP contribution in [0.4, 0.5) is 4.79 Å². The molecule has 0 radical (unpaired) electrons. The second-order valence-electron chi connectivity index (χ2n) is 4.48. The van der Waals surface area contributed by atoms with Crippen LogP contribution in [-0.4, -0.2) is 46.5 Å². The van der Waals surface area contributed by atoms with E-state index in [1.165, 1.54) is 21.1 Å². The van der Waals surface area contributed by atoms with Crippen LogP contribution in [0.15, 0.2) is 11.4 Å². The van der Waals surface area contributed by atoms with Crippen LogP contribution in [0.3, 0.4) is 0 Å². The summed E-state index contributed by atoms with van der Waals surface area (Å²) < 4.78 is 0. The standard InChI is InChI=1S/C14H16N2O3S/c1-3-7-15(4-2)14(19)16-8-5-11-10(6-9-20-11)12(16)13(17)18/h1,6,9,12H,4-5,7-8H2,2H3,(H,17,18). The highest BCUT2D eigenvalue weighted by Gasteiger charge is 2.37. The third-order valence-electron chi connectivity index (χ3n) is 3.38. The van der Waals surface area contributed by atoms with Crippen LogP contribution in [-0.2, 0) is 11.2 Å². The molecule has 0 fully saturated rings. The van der Waals surface area contributed by atoms with Crippen LogP contribution in [0.25, 0.3) is 0 Å². The van der Waals surface area contributed by atoms with Crippen molar-refractivity contribution in [2.24, 2.45) is 0 Å². The number of carboxylic acids is 1. The molecule has 0 saturated heterocycles. The van der Waals surface area contributed by atoms with Gasteiger partial charge in [0.05, 0.1) is 6.54 Å². The maximum Gasteiger partial charge on any atom is 0.331 e. The van der Waals surface area contributed by atoms with E-state index < -0.39 is 12.0 Å². The molecule has 2 rings (SSSR count). The van der Waals surface area contributed by atoms with Crippen molar-refractivity contribution in [1.29, 1.82) is 0 Å². The number of amides is 2. The summed E-state index contributed by atoms with van der Waals surface area (Å²) in [6.07, 6.45) is 5.94. The molecule has 1 N–H and O–H groups in total. The van der Waals surface area contributed by atoms with E-state index in [4.69, 9.17) is 6.42 Å². The van der Waals surface area contributed by atoms with Gasteiger partial charge in [-0.25, -0.2) is 9.59 Å². The number of hydrogen-bond acceptors (Lipinski definition) is 3. The number of nitrogens with zero attached hydrogens (tertiary/aromatic N) is 2. The van der Waals surface area contributed by atoms with Crippen molar-refractivity contribution >= 4 is 23.3 Å². The topological polar surface area (TPSA) is 60.9 Å². The summed E-state index contributed by atoms with van der Waals surface area (Å²) in [6.45, 7) is 2.88. The Morgan fingerprint density at radius 1 is 1.65 bits per heavy atom. The van der Waals surface area contributed by atoms with Crippen LogP contribution in [0, 0.1) is 12.3 Å². The van der Waals surface area contributed by atoms with E-state index in [0.717, 1.165) is 10.4 Å². The summed E-state index contributed by atoms with van der Waals surface area (Å²) in [4.78, 5) is 27.9. The van der Waals surface area contributed by atoms with E-state index in [0.29, 0.717) is 19.5 Å². The van der Waals surface area contributed by atoms with Crippen molar-refractivity contribution in [2.45, 2.75) is 19.4 Å². The number of carboxylic acid groups (broad SMARTS) is 1. The highest BCUT2D eigenvalue weighted by molar-refractivity contribution is 7.10. The van der Waals surface area contributed by atoms with Crippen molar-refractivity contribution in [3.8, 4) is 12.3 Å². The van der Waals surface area contributed by atoms with Crippen molar-refractivity contribution in [1.82, 2.24) is 9.80 Å². The number of carbonyl (C=O) groups is 2. The molecule has 6 heteroatoms. The molecule has 0 spiro atoms. The predicted octanol–water partition coefficient (Wildman–Crippen LogP) is 1.81. The van der Waals surface area contributed by atoms with Crippen LogP contribution >= 0.6 is 11.3 Å². The fourth-order valence-electron chi connectivity index (χ4n) is 2.40. The zero-order valence-corrected chi connectivity index (χ0v) is 12.0. The molecular weight excluding hydrogens is 276 g/mol. The first-order chi connectivity index (χ1) is 9.60. The lowest BCUT2D eigenvalue weighted by Gasteiger charge is -2.36. The Bertz CT molecular complexity index is 561. The molecule has 20 heavy (non-hydrogen) atoms. The Labute approximate surface area is 121 Å². The van der Waals surface area contributed by atoms with E-state index >= 15 is 0 Å². The monoisotopic (exact) mass is 292 g/mol. The van der Waals surface area contributed by atoms with Crippen LogP contribution in [0.2, 0.25) is 0 Å². The zero-order chi connectivity index (χ0) is 14.7. The number of fused-ring (bicyclic) bond motifs is 1. The number of thiophene rings is 1. The third-order valence-corrected chi connectivity index (χ3v) is 4.38. The lowest BCUT2D eigenvalue weighted by molar-refractivity contribution is -0.143. The second-order valence-corrected chi connectivity index (χ2v) is 5.48. The number of urea groups is 1. The molecule has 1 unspecified atom stereocenters. The van der Waals surface area contributed by atoms with E-state index in [1.54, 1.807) is 6.07 Å². The van der Waals surface area contributed by atoms with Gasteiger partial charge in [0.25, 0.3) is 0 Å². The highest BCUT2D eigenvalue weighted by Crippen LogP contribution is 2.34. The lowest BCUT2D eigenvalue weighted by atomic mass is 10.0. The van der Waals surface area contributed by atoms with Crippen molar-refractivity contribution in [3.63, 3.8) is 0 Å². The minimum absolute atomic E-state index is 0.189. The van der Waals surface area contributed by atoms with Crippen molar-refractivity contribution in [2.75, 3.05) is 19.6 Å². The van der Waals surface area contributed by atoms with Crippen molar-refractivity contribution < 1.29 is 14.7 Å². The van der Waals surface area contributed by atoms with Gasteiger partial charge in [-0.3, -0.25) is 0 Å². The minimum Gasteiger partial charge on any atom is -0.479 e. The molecule has 2 heterocycles. The summed E-state index contributed by atoms with van der Waals surface area (Å²) in [5.41, 5.74) is 0.721. The SMILES string of the molecule is C#CCN(CC)C(=O)N1CCc2sccc2C1C(=O)O. The predicted molar refractivity (Wildman–Crippen MR) is 76.6 cm³/mol. The summed E-state index contributed by atoms with van der Waals surface area (Å²) in [5.74, 6) is 1.42. The molecule has 1 aromatic heterocycles. The molecular formula is C14H16N2O3S. The van der Waals surface area contributed by atoms with Gasteiger partial charge >= 0.3 is 12.0 Å². The fourth-order valence-corrected chi connectivity index (χ4v) is 3.30. The molecule has 1 aliphatic heterocycles. The number of hydrogen-bond donors (Lipinski definition) is 1. The number of carbonyl (C=O) groups excluding carboxylic acids is 1. The van der Waals surface area contributed by atoms with Crippen LogP contribution < -0.4 is 0 Å². The Kier molecular flexibility index (Phi) is 4.30. The molecule has 5 nitrogen and oxygen atoms in total. The molecule has 1 aliphatic rings. The molecule has 0 aromatic carbocycles.